The summed E-state index contributed by atoms with van der Waals surface area (Å²) in [6.45, 7) is 2.63. The largest absolute Gasteiger partial charge is 0.494 e. The maximum Gasteiger partial charge on any atom is 0.251 e. The van der Waals surface area contributed by atoms with Gasteiger partial charge in [-0.2, -0.15) is 13.8 Å². The van der Waals surface area contributed by atoms with Gasteiger partial charge in [0, 0.05) is 5.56 Å². The van der Waals surface area contributed by atoms with E-state index in [0.29, 0.717) is 24.9 Å². The minimum absolute atomic E-state index is 0.164. The number of hydrogen-bond donors (Lipinski definition) is 0. The van der Waals surface area contributed by atoms with Crippen molar-refractivity contribution in [2.75, 3.05) is 6.61 Å². The van der Waals surface area contributed by atoms with Gasteiger partial charge in [-0.15, -0.1) is 0 Å². The van der Waals surface area contributed by atoms with Crippen LogP contribution in [0.15, 0.2) is 30.3 Å². The lowest BCUT2D eigenvalue weighted by molar-refractivity contribution is 0.308. The Morgan fingerprint density at radius 1 is 1.00 bits per heavy atom. The number of pyridine rings is 1. The fraction of sp³-hybridized carbons (Fsp3) is 0.476. The SMILES string of the molecule is CCOc1ccc([C@H]2CC[C@H](CCc3cc(F)c(F)nc3F)CC2)cc1. The fourth-order valence-corrected chi connectivity index (χ4v) is 3.81. The summed E-state index contributed by atoms with van der Waals surface area (Å²) in [7, 11) is 0. The van der Waals surface area contributed by atoms with Crippen molar-refractivity contribution in [2.24, 2.45) is 5.92 Å². The summed E-state index contributed by atoms with van der Waals surface area (Å²) < 4.78 is 45.2. The molecule has 0 spiro atoms. The first-order valence-electron chi connectivity index (χ1n) is 9.30. The van der Waals surface area contributed by atoms with E-state index in [-0.39, 0.29) is 5.56 Å². The second-order valence-corrected chi connectivity index (χ2v) is 6.97. The molecule has 1 saturated carbocycles. The lowest BCUT2D eigenvalue weighted by Gasteiger charge is -2.29. The van der Waals surface area contributed by atoms with Crippen LogP contribution in [0, 0.1) is 23.6 Å². The highest BCUT2D eigenvalue weighted by molar-refractivity contribution is 5.29. The van der Waals surface area contributed by atoms with Gasteiger partial charge >= 0.3 is 0 Å². The molecule has 0 saturated heterocycles. The van der Waals surface area contributed by atoms with Crippen LogP contribution < -0.4 is 4.74 Å². The topological polar surface area (TPSA) is 22.1 Å². The molecular weight excluding hydrogens is 339 g/mol. The molecule has 2 nitrogen and oxygen atoms in total. The Morgan fingerprint density at radius 2 is 1.69 bits per heavy atom. The molecule has 0 unspecified atom stereocenters. The van der Waals surface area contributed by atoms with Crippen molar-refractivity contribution >= 4 is 0 Å². The molecule has 1 aliphatic carbocycles. The summed E-state index contributed by atoms with van der Waals surface area (Å²) in [6.07, 6.45) is 5.50. The number of ether oxygens (including phenoxy) is 1. The van der Waals surface area contributed by atoms with Crippen molar-refractivity contribution in [1.82, 2.24) is 4.98 Å². The van der Waals surface area contributed by atoms with Gasteiger partial charge < -0.3 is 4.74 Å². The zero-order valence-corrected chi connectivity index (χ0v) is 15.0. The van der Waals surface area contributed by atoms with Crippen LogP contribution in [-0.2, 0) is 6.42 Å². The molecule has 0 amide bonds. The Bertz CT molecular complexity index is 725. The molecule has 1 fully saturated rings. The van der Waals surface area contributed by atoms with Gasteiger partial charge in [0.05, 0.1) is 6.61 Å². The molecule has 140 valence electrons. The first-order valence-corrected chi connectivity index (χ1v) is 9.30. The monoisotopic (exact) mass is 363 g/mol. The number of aryl methyl sites for hydroxylation is 1. The van der Waals surface area contributed by atoms with E-state index in [9.17, 15) is 13.2 Å². The molecule has 3 rings (SSSR count). The molecule has 0 aliphatic heterocycles. The second kappa shape index (κ2) is 8.56. The first-order chi connectivity index (χ1) is 12.6. The number of aromatic nitrogens is 1. The van der Waals surface area contributed by atoms with Crippen LogP contribution in [0.25, 0.3) is 0 Å². The second-order valence-electron chi connectivity index (χ2n) is 6.97. The van der Waals surface area contributed by atoms with Crippen molar-refractivity contribution < 1.29 is 17.9 Å². The Morgan fingerprint density at radius 3 is 2.35 bits per heavy atom. The molecule has 5 heteroatoms. The highest BCUT2D eigenvalue weighted by Crippen LogP contribution is 2.38. The fourth-order valence-electron chi connectivity index (χ4n) is 3.81. The number of hydrogen-bond acceptors (Lipinski definition) is 2. The van der Waals surface area contributed by atoms with E-state index in [1.54, 1.807) is 0 Å². The first kappa shape index (κ1) is 18.7. The van der Waals surface area contributed by atoms with Gasteiger partial charge in [0.2, 0.25) is 5.95 Å². The third kappa shape index (κ3) is 4.57. The van der Waals surface area contributed by atoms with Crippen molar-refractivity contribution in [1.29, 1.82) is 0 Å². The average Bonchev–Trinajstić information content (AvgIpc) is 2.65. The lowest BCUT2D eigenvalue weighted by Crippen LogP contribution is -2.14. The van der Waals surface area contributed by atoms with Gasteiger partial charge in [0.1, 0.15) is 5.75 Å². The maximum atomic E-state index is 13.6. The van der Waals surface area contributed by atoms with E-state index in [0.717, 1.165) is 43.9 Å². The summed E-state index contributed by atoms with van der Waals surface area (Å²) in [5.74, 6) is -1.42. The molecule has 0 N–H and O–H groups in total. The minimum Gasteiger partial charge on any atom is -0.494 e. The van der Waals surface area contributed by atoms with Crippen molar-refractivity contribution in [3.05, 3.63) is 59.2 Å². The van der Waals surface area contributed by atoms with E-state index >= 15 is 0 Å². The van der Waals surface area contributed by atoms with Gasteiger partial charge in [0.15, 0.2) is 5.82 Å². The highest BCUT2D eigenvalue weighted by atomic mass is 19.2. The number of nitrogens with zero attached hydrogens (tertiary/aromatic N) is 1. The van der Waals surface area contributed by atoms with Crippen LogP contribution in [0.1, 0.15) is 56.1 Å². The third-order valence-corrected chi connectivity index (χ3v) is 5.29. The zero-order chi connectivity index (χ0) is 18.5. The summed E-state index contributed by atoms with van der Waals surface area (Å²) in [4.78, 5) is 2.99. The van der Waals surface area contributed by atoms with Crippen LogP contribution in [0.2, 0.25) is 0 Å². The van der Waals surface area contributed by atoms with Crippen molar-refractivity contribution in [2.45, 2.75) is 51.4 Å². The molecule has 0 bridgehead atoms. The van der Waals surface area contributed by atoms with E-state index in [2.05, 4.69) is 17.1 Å². The van der Waals surface area contributed by atoms with Gasteiger partial charge in [-0.05, 0) is 81.0 Å². The molecular formula is C21H24F3NO. The molecule has 0 atom stereocenters. The van der Waals surface area contributed by atoms with Crippen LogP contribution >= 0.6 is 0 Å². The molecule has 2 aromatic rings. The Labute approximate surface area is 152 Å². The number of rotatable bonds is 6. The number of halogens is 3. The Kier molecular flexibility index (Phi) is 6.17. The molecule has 1 aromatic heterocycles. The van der Waals surface area contributed by atoms with E-state index in [4.69, 9.17) is 4.74 Å². The van der Waals surface area contributed by atoms with E-state index in [1.807, 2.05) is 19.1 Å². The third-order valence-electron chi connectivity index (χ3n) is 5.29. The lowest BCUT2D eigenvalue weighted by atomic mass is 9.77. The van der Waals surface area contributed by atoms with Crippen molar-refractivity contribution in [3.63, 3.8) is 0 Å². The number of benzene rings is 1. The molecule has 26 heavy (non-hydrogen) atoms. The van der Waals surface area contributed by atoms with Crippen LogP contribution in [-0.4, -0.2) is 11.6 Å². The summed E-state index contributed by atoms with van der Waals surface area (Å²) in [6, 6.07) is 9.24. The van der Waals surface area contributed by atoms with Gasteiger partial charge in [-0.25, -0.2) is 4.39 Å². The van der Waals surface area contributed by atoms with E-state index < -0.39 is 17.7 Å². The quantitative estimate of drug-likeness (QED) is 0.605. The Hall–Kier alpha value is -2.04. The predicted octanol–water partition coefficient (Wildman–Crippen LogP) is 5.80. The van der Waals surface area contributed by atoms with Gasteiger partial charge in [0.25, 0.3) is 5.95 Å². The van der Waals surface area contributed by atoms with Crippen LogP contribution in [0.4, 0.5) is 13.2 Å². The maximum absolute atomic E-state index is 13.6. The summed E-state index contributed by atoms with van der Waals surface area (Å²) >= 11 is 0. The highest BCUT2D eigenvalue weighted by Gasteiger charge is 2.23. The summed E-state index contributed by atoms with van der Waals surface area (Å²) in [5.41, 5.74) is 1.50. The minimum atomic E-state index is -1.37. The molecule has 0 radical (unpaired) electrons. The standard InChI is InChI=1S/C21H24F3NO/c1-2-26-18-11-9-16(10-12-18)15-6-3-14(4-7-15)5-8-17-13-19(22)21(24)25-20(17)23/h9-15H,2-8H2,1H3/t14-,15-. The molecule has 1 aliphatic rings. The van der Waals surface area contributed by atoms with Gasteiger partial charge in [-0.1, -0.05) is 12.1 Å². The normalized spacial score (nSPS) is 20.2. The predicted molar refractivity (Wildman–Crippen MR) is 94.7 cm³/mol. The molecule has 1 heterocycles. The van der Waals surface area contributed by atoms with Crippen LogP contribution in [0.5, 0.6) is 5.75 Å². The van der Waals surface area contributed by atoms with Crippen molar-refractivity contribution in [3.8, 4) is 5.75 Å². The van der Waals surface area contributed by atoms with Gasteiger partial charge in [-0.3, -0.25) is 0 Å². The Balaban J connectivity index is 1.50. The smallest absolute Gasteiger partial charge is 0.251 e. The zero-order valence-electron chi connectivity index (χ0n) is 15.0. The average molecular weight is 363 g/mol. The molecule has 1 aromatic carbocycles. The van der Waals surface area contributed by atoms with Crippen LogP contribution in [0.3, 0.4) is 0 Å². The van der Waals surface area contributed by atoms with E-state index in [1.165, 1.54) is 5.56 Å². The summed E-state index contributed by atoms with van der Waals surface area (Å²) in [5, 5.41) is 0.